The molecule has 0 unspecified atom stereocenters. The zero-order valence-electron chi connectivity index (χ0n) is 11.2. The van der Waals surface area contributed by atoms with E-state index in [1.807, 2.05) is 18.2 Å². The van der Waals surface area contributed by atoms with Gasteiger partial charge in [-0.2, -0.15) is 0 Å². The maximum atomic E-state index is 13.4. The summed E-state index contributed by atoms with van der Waals surface area (Å²) in [6.07, 6.45) is 6.20. The van der Waals surface area contributed by atoms with E-state index >= 15 is 0 Å². The van der Waals surface area contributed by atoms with Crippen molar-refractivity contribution < 1.29 is 8.78 Å². The highest BCUT2D eigenvalue weighted by atomic mass is 19.1. The Morgan fingerprint density at radius 2 is 1.71 bits per heavy atom. The van der Waals surface area contributed by atoms with Crippen LogP contribution in [0, 0.1) is 11.6 Å². The van der Waals surface area contributed by atoms with Crippen molar-refractivity contribution in [2.24, 2.45) is 0 Å². The summed E-state index contributed by atoms with van der Waals surface area (Å²) in [5.41, 5.74) is 0.964. The van der Waals surface area contributed by atoms with Gasteiger partial charge in [0.05, 0.1) is 12.4 Å². The fourth-order valence-electron chi connectivity index (χ4n) is 2.20. The molecule has 1 aromatic carbocycles. The van der Waals surface area contributed by atoms with Crippen LogP contribution in [0.15, 0.2) is 49.1 Å². The lowest BCUT2D eigenvalue weighted by Gasteiger charge is -2.08. The number of aromatic nitrogens is 2. The largest absolute Gasteiger partial charge is 0.380 e. The molecule has 0 saturated heterocycles. The molecule has 2 heterocycles. The van der Waals surface area contributed by atoms with Crippen LogP contribution in [0.5, 0.6) is 0 Å². The molecule has 106 valence electrons. The third-order valence-electron chi connectivity index (χ3n) is 3.27. The Balaban J connectivity index is 1.69. The molecule has 3 nitrogen and oxygen atoms in total. The lowest BCUT2D eigenvalue weighted by atomic mass is 10.1. The van der Waals surface area contributed by atoms with E-state index in [1.165, 1.54) is 0 Å². The van der Waals surface area contributed by atoms with Crippen molar-refractivity contribution in [1.29, 1.82) is 0 Å². The number of nitrogens with one attached hydrogen (secondary N) is 1. The van der Waals surface area contributed by atoms with Gasteiger partial charge in [0, 0.05) is 24.3 Å². The zero-order chi connectivity index (χ0) is 14.7. The van der Waals surface area contributed by atoms with E-state index in [1.54, 1.807) is 12.4 Å². The van der Waals surface area contributed by atoms with Gasteiger partial charge in [-0.25, -0.2) is 8.78 Å². The van der Waals surface area contributed by atoms with Gasteiger partial charge in [0.25, 0.3) is 0 Å². The van der Waals surface area contributed by atoms with E-state index in [0.29, 0.717) is 13.0 Å². The van der Waals surface area contributed by atoms with Gasteiger partial charge in [0.1, 0.15) is 5.69 Å². The summed E-state index contributed by atoms with van der Waals surface area (Å²) >= 11 is 0. The monoisotopic (exact) mass is 285 g/mol. The van der Waals surface area contributed by atoms with Crippen LogP contribution in [0.3, 0.4) is 0 Å². The number of hydrogen-bond donors (Lipinski definition) is 1. The number of nitrogens with zero attached hydrogens (tertiary/aromatic N) is 2. The first kappa shape index (κ1) is 13.4. The average molecular weight is 285 g/mol. The molecule has 21 heavy (non-hydrogen) atoms. The van der Waals surface area contributed by atoms with E-state index in [9.17, 15) is 8.78 Å². The first-order chi connectivity index (χ1) is 10.2. The average Bonchev–Trinajstić information content (AvgIpc) is 2.50. The molecule has 0 aliphatic carbocycles. The molecule has 2 aromatic heterocycles. The summed E-state index contributed by atoms with van der Waals surface area (Å²) in [6, 6.07) is 7.97. The number of anilines is 1. The maximum absolute atomic E-state index is 13.4. The molecule has 3 rings (SSSR count). The van der Waals surface area contributed by atoms with Crippen molar-refractivity contribution in [3.05, 3.63) is 66.3 Å². The second-order valence-corrected chi connectivity index (χ2v) is 4.71. The Kier molecular flexibility index (Phi) is 3.73. The fraction of sp³-hybridized carbons (Fsp3) is 0.125. The lowest BCUT2D eigenvalue weighted by Crippen LogP contribution is -2.08. The van der Waals surface area contributed by atoms with E-state index in [2.05, 4.69) is 21.4 Å². The van der Waals surface area contributed by atoms with Crippen molar-refractivity contribution in [3.63, 3.8) is 0 Å². The SMILES string of the molecule is Fc1cncc(F)c1NCCc1ccc2cnccc2c1. The highest BCUT2D eigenvalue weighted by Gasteiger charge is 2.08. The van der Waals surface area contributed by atoms with Crippen LogP contribution >= 0.6 is 0 Å². The molecular formula is C16H13F2N3. The van der Waals surface area contributed by atoms with Gasteiger partial charge in [0.2, 0.25) is 0 Å². The van der Waals surface area contributed by atoms with Gasteiger partial charge in [-0.1, -0.05) is 18.2 Å². The van der Waals surface area contributed by atoms with Gasteiger partial charge >= 0.3 is 0 Å². The predicted octanol–water partition coefficient (Wildman–Crippen LogP) is 3.56. The Hall–Kier alpha value is -2.56. The Morgan fingerprint density at radius 3 is 2.52 bits per heavy atom. The van der Waals surface area contributed by atoms with E-state index in [0.717, 1.165) is 28.7 Å². The molecule has 1 N–H and O–H groups in total. The Morgan fingerprint density at radius 1 is 0.905 bits per heavy atom. The van der Waals surface area contributed by atoms with Crippen molar-refractivity contribution >= 4 is 16.5 Å². The number of benzene rings is 1. The number of halogens is 2. The first-order valence-electron chi connectivity index (χ1n) is 6.59. The lowest BCUT2D eigenvalue weighted by molar-refractivity contribution is 0.578. The smallest absolute Gasteiger partial charge is 0.167 e. The normalized spacial score (nSPS) is 10.8. The van der Waals surface area contributed by atoms with Gasteiger partial charge < -0.3 is 5.32 Å². The maximum Gasteiger partial charge on any atom is 0.167 e. The van der Waals surface area contributed by atoms with Crippen molar-refractivity contribution in [3.8, 4) is 0 Å². The van der Waals surface area contributed by atoms with Crippen LogP contribution < -0.4 is 5.32 Å². The molecule has 0 aliphatic heterocycles. The Labute approximate surface area is 120 Å². The quantitative estimate of drug-likeness (QED) is 0.796. The summed E-state index contributed by atoms with van der Waals surface area (Å²) in [4.78, 5) is 7.51. The molecule has 0 radical (unpaired) electrons. The van der Waals surface area contributed by atoms with Crippen LogP contribution in [0.4, 0.5) is 14.5 Å². The summed E-state index contributed by atoms with van der Waals surface area (Å²) in [7, 11) is 0. The molecule has 0 bridgehead atoms. The highest BCUT2D eigenvalue weighted by Crippen LogP contribution is 2.18. The number of rotatable bonds is 4. The molecular weight excluding hydrogens is 272 g/mol. The molecule has 3 aromatic rings. The molecule has 0 atom stereocenters. The predicted molar refractivity (Wildman–Crippen MR) is 78.1 cm³/mol. The second kappa shape index (κ2) is 5.83. The minimum Gasteiger partial charge on any atom is -0.380 e. The number of pyridine rings is 2. The zero-order valence-corrected chi connectivity index (χ0v) is 11.2. The molecule has 0 spiro atoms. The third kappa shape index (κ3) is 2.97. The molecule has 0 saturated carbocycles. The van der Waals surface area contributed by atoms with E-state index in [4.69, 9.17) is 0 Å². The van der Waals surface area contributed by atoms with Crippen LogP contribution in [-0.4, -0.2) is 16.5 Å². The third-order valence-corrected chi connectivity index (χ3v) is 3.27. The first-order valence-corrected chi connectivity index (χ1v) is 6.59. The van der Waals surface area contributed by atoms with Crippen molar-refractivity contribution in [2.45, 2.75) is 6.42 Å². The van der Waals surface area contributed by atoms with Gasteiger partial charge in [-0.15, -0.1) is 0 Å². The molecule has 0 fully saturated rings. The molecule has 0 amide bonds. The van der Waals surface area contributed by atoms with Crippen LogP contribution in [0.25, 0.3) is 10.8 Å². The van der Waals surface area contributed by atoms with Crippen LogP contribution in [0.2, 0.25) is 0 Å². The minimum absolute atomic E-state index is 0.130. The van der Waals surface area contributed by atoms with E-state index < -0.39 is 11.6 Å². The number of fused-ring (bicyclic) bond motifs is 1. The molecule has 0 aliphatic rings. The summed E-state index contributed by atoms with van der Waals surface area (Å²) < 4.78 is 26.8. The highest BCUT2D eigenvalue weighted by molar-refractivity contribution is 5.82. The van der Waals surface area contributed by atoms with Crippen LogP contribution in [0.1, 0.15) is 5.56 Å². The summed E-state index contributed by atoms with van der Waals surface area (Å²) in [6.45, 7) is 0.439. The van der Waals surface area contributed by atoms with Gasteiger partial charge in [-0.3, -0.25) is 9.97 Å². The minimum atomic E-state index is -0.681. The fourth-order valence-corrected chi connectivity index (χ4v) is 2.20. The summed E-state index contributed by atoms with van der Waals surface area (Å²) in [5, 5.41) is 4.95. The molecule has 5 heteroatoms. The van der Waals surface area contributed by atoms with Crippen molar-refractivity contribution in [1.82, 2.24) is 9.97 Å². The van der Waals surface area contributed by atoms with Gasteiger partial charge in [0.15, 0.2) is 11.6 Å². The van der Waals surface area contributed by atoms with Gasteiger partial charge in [-0.05, 0) is 23.4 Å². The van der Waals surface area contributed by atoms with E-state index in [-0.39, 0.29) is 5.69 Å². The van der Waals surface area contributed by atoms with Crippen molar-refractivity contribution in [2.75, 3.05) is 11.9 Å². The Bertz CT molecular complexity index is 754. The summed E-state index contributed by atoms with van der Waals surface area (Å²) in [5.74, 6) is -1.36. The second-order valence-electron chi connectivity index (χ2n) is 4.71. The standard InChI is InChI=1S/C16H13F2N3/c17-14-9-20-10-15(18)16(14)21-6-3-11-1-2-13-8-19-5-4-12(13)7-11/h1-2,4-5,7-10H,3,6H2,(H,20,21). The number of hydrogen-bond acceptors (Lipinski definition) is 3. The van der Waals surface area contributed by atoms with Crippen LogP contribution in [-0.2, 0) is 6.42 Å². The topological polar surface area (TPSA) is 37.8 Å².